The van der Waals surface area contributed by atoms with E-state index in [2.05, 4.69) is 5.10 Å². The van der Waals surface area contributed by atoms with Crippen molar-refractivity contribution in [2.75, 3.05) is 0 Å². The summed E-state index contributed by atoms with van der Waals surface area (Å²) in [7, 11) is 1.94. The molecule has 1 aliphatic carbocycles. The Labute approximate surface area is 78.4 Å². The van der Waals surface area contributed by atoms with Gasteiger partial charge in [0.2, 0.25) is 0 Å². The van der Waals surface area contributed by atoms with Crippen LogP contribution in [0.2, 0.25) is 0 Å². The largest absolute Gasteiger partial charge is 0.392 e. The molecule has 1 aliphatic rings. The van der Waals surface area contributed by atoms with Gasteiger partial charge in [-0.2, -0.15) is 5.10 Å². The van der Waals surface area contributed by atoms with Gasteiger partial charge >= 0.3 is 0 Å². The fourth-order valence-electron chi connectivity index (χ4n) is 2.20. The van der Waals surface area contributed by atoms with Crippen LogP contribution in [0.5, 0.6) is 0 Å². The number of aryl methyl sites for hydroxylation is 1. The van der Waals surface area contributed by atoms with Crippen molar-refractivity contribution in [3.63, 3.8) is 0 Å². The first kappa shape index (κ1) is 8.75. The summed E-state index contributed by atoms with van der Waals surface area (Å²) in [6, 6.07) is 2.01. The van der Waals surface area contributed by atoms with Gasteiger partial charge in [-0.3, -0.25) is 4.68 Å². The van der Waals surface area contributed by atoms with Gasteiger partial charge < -0.3 is 5.11 Å². The summed E-state index contributed by atoms with van der Waals surface area (Å²) in [6.07, 6.45) is 6.07. The topological polar surface area (TPSA) is 38.0 Å². The van der Waals surface area contributed by atoms with E-state index in [9.17, 15) is 5.11 Å². The molecule has 0 bridgehead atoms. The molecule has 13 heavy (non-hydrogen) atoms. The van der Waals surface area contributed by atoms with E-state index in [0.717, 1.165) is 19.3 Å². The van der Waals surface area contributed by atoms with Crippen LogP contribution >= 0.6 is 0 Å². The summed E-state index contributed by atoms with van der Waals surface area (Å²) in [5.74, 6) is 0.307. The van der Waals surface area contributed by atoms with Gasteiger partial charge in [0.25, 0.3) is 0 Å². The van der Waals surface area contributed by atoms with Gasteiger partial charge in [-0.15, -0.1) is 0 Å². The highest BCUT2D eigenvalue weighted by Gasteiger charge is 2.26. The molecule has 2 atom stereocenters. The zero-order valence-electron chi connectivity index (χ0n) is 7.98. The van der Waals surface area contributed by atoms with Crippen molar-refractivity contribution >= 4 is 0 Å². The first-order chi connectivity index (χ1) is 6.29. The van der Waals surface area contributed by atoms with Crippen molar-refractivity contribution in [3.8, 4) is 0 Å². The Morgan fingerprint density at radius 1 is 1.46 bits per heavy atom. The van der Waals surface area contributed by atoms with E-state index in [1.807, 2.05) is 17.8 Å². The summed E-state index contributed by atoms with van der Waals surface area (Å²) < 4.78 is 1.87. The van der Waals surface area contributed by atoms with Gasteiger partial charge in [-0.1, -0.05) is 12.8 Å². The molecule has 0 saturated heterocycles. The van der Waals surface area contributed by atoms with Crippen LogP contribution in [0, 0.1) is 0 Å². The van der Waals surface area contributed by atoms with Crippen LogP contribution in [-0.2, 0) is 7.05 Å². The van der Waals surface area contributed by atoms with Crippen LogP contribution < -0.4 is 0 Å². The fourth-order valence-corrected chi connectivity index (χ4v) is 2.20. The minimum absolute atomic E-state index is 0.163. The third kappa shape index (κ3) is 1.61. The van der Waals surface area contributed by atoms with Crippen molar-refractivity contribution in [1.29, 1.82) is 0 Å². The highest BCUT2D eigenvalue weighted by Crippen LogP contribution is 2.32. The average molecular weight is 180 g/mol. The molecule has 1 fully saturated rings. The van der Waals surface area contributed by atoms with Crippen LogP contribution in [0.4, 0.5) is 0 Å². The summed E-state index contributed by atoms with van der Waals surface area (Å²) in [4.78, 5) is 0. The normalized spacial score (nSPS) is 29.1. The Hall–Kier alpha value is -0.830. The Kier molecular flexibility index (Phi) is 2.36. The second kappa shape index (κ2) is 3.50. The van der Waals surface area contributed by atoms with E-state index >= 15 is 0 Å². The second-order valence-electron chi connectivity index (χ2n) is 3.84. The monoisotopic (exact) mass is 180 g/mol. The number of aromatic nitrogens is 2. The van der Waals surface area contributed by atoms with E-state index in [1.165, 1.54) is 12.1 Å². The lowest BCUT2D eigenvalue weighted by molar-refractivity contribution is 0.103. The Morgan fingerprint density at radius 3 is 2.85 bits per heavy atom. The maximum absolute atomic E-state index is 9.82. The quantitative estimate of drug-likeness (QED) is 0.710. The van der Waals surface area contributed by atoms with E-state index in [-0.39, 0.29) is 6.10 Å². The number of aliphatic hydroxyl groups is 1. The molecular formula is C10H16N2O. The molecule has 0 amide bonds. The number of hydrogen-bond donors (Lipinski definition) is 1. The SMILES string of the molecule is Cn1nccc1[C@@H]1CCCC[C@H]1O. The molecule has 1 aromatic heterocycles. The second-order valence-corrected chi connectivity index (χ2v) is 3.84. The summed E-state index contributed by atoms with van der Waals surface area (Å²) in [5, 5.41) is 14.0. The highest BCUT2D eigenvalue weighted by atomic mass is 16.3. The van der Waals surface area contributed by atoms with Gasteiger partial charge in [-0.25, -0.2) is 0 Å². The third-order valence-corrected chi connectivity index (χ3v) is 2.97. The molecule has 3 nitrogen and oxygen atoms in total. The number of hydrogen-bond acceptors (Lipinski definition) is 2. The van der Waals surface area contributed by atoms with Crippen LogP contribution in [0.3, 0.4) is 0 Å². The maximum atomic E-state index is 9.82. The maximum Gasteiger partial charge on any atom is 0.0623 e. The number of aliphatic hydroxyl groups excluding tert-OH is 1. The van der Waals surface area contributed by atoms with E-state index in [0.29, 0.717) is 5.92 Å². The molecule has 1 N–H and O–H groups in total. The summed E-state index contributed by atoms with van der Waals surface area (Å²) >= 11 is 0. The summed E-state index contributed by atoms with van der Waals surface area (Å²) in [5.41, 5.74) is 1.17. The molecular weight excluding hydrogens is 164 g/mol. The number of rotatable bonds is 1. The van der Waals surface area contributed by atoms with Gasteiger partial charge in [0, 0.05) is 24.9 Å². The van der Waals surface area contributed by atoms with Crippen molar-refractivity contribution in [2.24, 2.45) is 7.05 Å². The van der Waals surface area contributed by atoms with E-state index < -0.39 is 0 Å². The standard InChI is InChI=1S/C10H16N2O/c1-12-9(6-7-11-12)8-4-2-3-5-10(8)13/h6-8,10,13H,2-5H2,1H3/t8-,10+/m0/s1. The van der Waals surface area contributed by atoms with Gasteiger partial charge in [0.05, 0.1) is 6.10 Å². The molecule has 72 valence electrons. The van der Waals surface area contributed by atoms with Crippen LogP contribution in [0.15, 0.2) is 12.3 Å². The molecule has 1 aromatic rings. The molecule has 0 aromatic carbocycles. The molecule has 0 aliphatic heterocycles. The van der Waals surface area contributed by atoms with Crippen molar-refractivity contribution in [3.05, 3.63) is 18.0 Å². The molecule has 0 spiro atoms. The van der Waals surface area contributed by atoms with Crippen molar-refractivity contribution in [2.45, 2.75) is 37.7 Å². The lowest BCUT2D eigenvalue weighted by atomic mass is 9.84. The summed E-state index contributed by atoms with van der Waals surface area (Å²) in [6.45, 7) is 0. The Balaban J connectivity index is 2.19. The molecule has 0 unspecified atom stereocenters. The van der Waals surface area contributed by atoms with Crippen molar-refractivity contribution in [1.82, 2.24) is 9.78 Å². The molecule has 3 heteroatoms. The molecule has 1 heterocycles. The lowest BCUT2D eigenvalue weighted by Crippen LogP contribution is -2.24. The highest BCUT2D eigenvalue weighted by molar-refractivity contribution is 5.10. The fraction of sp³-hybridized carbons (Fsp3) is 0.700. The Bertz CT molecular complexity index is 282. The zero-order chi connectivity index (χ0) is 9.26. The van der Waals surface area contributed by atoms with Gasteiger partial charge in [0.1, 0.15) is 0 Å². The predicted molar refractivity (Wildman–Crippen MR) is 50.4 cm³/mol. The van der Waals surface area contributed by atoms with Gasteiger partial charge in [0.15, 0.2) is 0 Å². The van der Waals surface area contributed by atoms with E-state index in [4.69, 9.17) is 0 Å². The van der Waals surface area contributed by atoms with Crippen molar-refractivity contribution < 1.29 is 5.11 Å². The van der Waals surface area contributed by atoms with E-state index in [1.54, 1.807) is 6.20 Å². The predicted octanol–water partition coefficient (Wildman–Crippen LogP) is 1.44. The molecule has 2 rings (SSSR count). The molecule has 0 radical (unpaired) electrons. The number of nitrogens with zero attached hydrogens (tertiary/aromatic N) is 2. The third-order valence-electron chi connectivity index (χ3n) is 2.97. The van der Waals surface area contributed by atoms with Crippen LogP contribution in [-0.4, -0.2) is 21.0 Å². The molecule has 1 saturated carbocycles. The zero-order valence-corrected chi connectivity index (χ0v) is 7.98. The average Bonchev–Trinajstić information content (AvgIpc) is 2.52. The van der Waals surface area contributed by atoms with Crippen LogP contribution in [0.1, 0.15) is 37.3 Å². The van der Waals surface area contributed by atoms with Gasteiger partial charge in [-0.05, 0) is 18.9 Å². The van der Waals surface area contributed by atoms with Crippen LogP contribution in [0.25, 0.3) is 0 Å². The lowest BCUT2D eigenvalue weighted by Gasteiger charge is -2.27. The smallest absolute Gasteiger partial charge is 0.0623 e. The Morgan fingerprint density at radius 2 is 2.23 bits per heavy atom. The first-order valence-corrected chi connectivity index (χ1v) is 4.95. The minimum Gasteiger partial charge on any atom is -0.392 e. The first-order valence-electron chi connectivity index (χ1n) is 4.95. The minimum atomic E-state index is -0.163.